The molecule has 0 atom stereocenters. The lowest BCUT2D eigenvalue weighted by molar-refractivity contribution is 0.913. The van der Waals surface area contributed by atoms with Crippen molar-refractivity contribution in [3.8, 4) is 78.3 Å². The first-order valence-corrected chi connectivity index (χ1v) is 22.5. The molecule has 0 aliphatic heterocycles. The van der Waals surface area contributed by atoms with Crippen LogP contribution in [0.25, 0.3) is 78.3 Å². The van der Waals surface area contributed by atoms with E-state index in [1.165, 1.54) is 0 Å². The van der Waals surface area contributed by atoms with Gasteiger partial charge in [0.15, 0.2) is 0 Å². The number of rotatable bonds is 13. The van der Waals surface area contributed by atoms with Crippen LogP contribution < -0.4 is 0 Å². The number of hydrogen-bond donors (Lipinski definition) is 0. The van der Waals surface area contributed by atoms with Crippen LogP contribution in [0.1, 0.15) is 41.6 Å². The van der Waals surface area contributed by atoms with Gasteiger partial charge in [0.25, 0.3) is 0 Å². The second kappa shape index (κ2) is 19.4. The van der Waals surface area contributed by atoms with Crippen LogP contribution in [-0.4, -0.2) is 15.0 Å². The Morgan fingerprint density at radius 2 is 0.712 bits per heavy atom. The van der Waals surface area contributed by atoms with Gasteiger partial charge in [0.2, 0.25) is 0 Å². The number of pyridine rings is 3. The summed E-state index contributed by atoms with van der Waals surface area (Å²) < 4.78 is 51.3. The van der Waals surface area contributed by atoms with E-state index in [1.54, 1.807) is 24.5 Å². The summed E-state index contributed by atoms with van der Waals surface area (Å²) in [7, 11) is 0. The van der Waals surface area contributed by atoms with Crippen LogP contribution in [-0.2, 0) is 25.7 Å². The zero-order valence-electron chi connectivity index (χ0n) is 42.5. The van der Waals surface area contributed by atoms with Crippen molar-refractivity contribution in [1.82, 2.24) is 15.0 Å². The van der Waals surface area contributed by atoms with E-state index in [1.807, 2.05) is 91.1 Å². The van der Waals surface area contributed by atoms with Crippen molar-refractivity contribution in [3.05, 3.63) is 258 Å². The first-order chi connectivity index (χ1) is 34.9. The molecule has 0 spiro atoms. The number of benzene rings is 7. The molecule has 66 heavy (non-hydrogen) atoms. The van der Waals surface area contributed by atoms with E-state index in [9.17, 15) is 0 Å². The van der Waals surface area contributed by atoms with Crippen molar-refractivity contribution in [1.29, 1.82) is 0 Å². The molecule has 0 radical (unpaired) electrons. The lowest BCUT2D eigenvalue weighted by atomic mass is 9.87. The zero-order valence-corrected chi connectivity index (χ0v) is 36.5. The third kappa shape index (κ3) is 9.43. The highest BCUT2D eigenvalue weighted by Crippen LogP contribution is 2.41. The van der Waals surface area contributed by atoms with Gasteiger partial charge in [-0.3, -0.25) is 15.0 Å². The molecule has 0 aliphatic rings. The van der Waals surface area contributed by atoms with Gasteiger partial charge in [0.05, 0.1) is 17.1 Å². The van der Waals surface area contributed by atoms with E-state index in [0.29, 0.717) is 48.2 Å². The van der Waals surface area contributed by atoms with Crippen LogP contribution in [0, 0.1) is 13.7 Å². The summed E-state index contributed by atoms with van der Waals surface area (Å²) in [6.07, 6.45) is 7.39. The van der Waals surface area contributed by atoms with Gasteiger partial charge < -0.3 is 0 Å². The van der Waals surface area contributed by atoms with Gasteiger partial charge in [-0.25, -0.2) is 0 Å². The smallest absolute Gasteiger partial charge is 0.0708 e. The number of hydrogen-bond acceptors (Lipinski definition) is 3. The van der Waals surface area contributed by atoms with E-state index < -0.39 is 13.7 Å². The lowest BCUT2D eigenvalue weighted by Crippen LogP contribution is -2.01. The Bertz CT molecular complexity index is 3340. The quantitative estimate of drug-likeness (QED) is 0.116. The molecular weight excluding hydrogens is 799 g/mol. The zero-order chi connectivity index (χ0) is 49.7. The molecule has 0 aliphatic carbocycles. The predicted octanol–water partition coefficient (Wildman–Crippen LogP) is 15.7. The summed E-state index contributed by atoms with van der Waals surface area (Å²) >= 11 is 0. The summed E-state index contributed by atoms with van der Waals surface area (Å²) in [6.45, 7) is -4.69. The SMILES string of the molecule is [2H]C([2H])([2H])c1cc(-c2ccccc2)ncc1CCc1cc(CCc2cnc(-c3ccccc3)cc2C([2H])([2H])[2H])cc(-c2ccccc2-c2cnc(-c3ccccc3)cc2-c2ccc(-c3ccccc3)cc2)c1. The van der Waals surface area contributed by atoms with Gasteiger partial charge >= 0.3 is 0 Å². The van der Waals surface area contributed by atoms with Gasteiger partial charge in [-0.05, 0) is 130 Å². The van der Waals surface area contributed by atoms with E-state index in [4.69, 9.17) is 23.2 Å². The molecule has 3 nitrogen and oxygen atoms in total. The third-order valence-corrected chi connectivity index (χ3v) is 12.3. The Labute approximate surface area is 397 Å². The molecule has 0 saturated carbocycles. The normalized spacial score (nSPS) is 12.8. The van der Waals surface area contributed by atoms with Gasteiger partial charge in [0.1, 0.15) is 0 Å². The molecule has 0 unspecified atom stereocenters. The Hall–Kier alpha value is -8.01. The third-order valence-electron chi connectivity index (χ3n) is 12.3. The van der Waals surface area contributed by atoms with E-state index >= 15 is 0 Å². The molecule has 318 valence electrons. The molecule has 10 aromatic rings. The Morgan fingerprint density at radius 3 is 1.21 bits per heavy atom. The number of aromatic nitrogens is 3. The molecule has 10 rings (SSSR count). The van der Waals surface area contributed by atoms with Crippen molar-refractivity contribution in [2.75, 3.05) is 0 Å². The van der Waals surface area contributed by atoms with Crippen molar-refractivity contribution in [2.45, 2.75) is 39.4 Å². The highest BCUT2D eigenvalue weighted by molar-refractivity contribution is 5.93. The van der Waals surface area contributed by atoms with Crippen LogP contribution >= 0.6 is 0 Å². The topological polar surface area (TPSA) is 38.7 Å². The minimum Gasteiger partial charge on any atom is -0.256 e. The molecule has 0 bridgehead atoms. The minimum atomic E-state index is -2.35. The lowest BCUT2D eigenvalue weighted by Gasteiger charge is -2.18. The first kappa shape index (κ1) is 35.4. The second-order valence-corrected chi connectivity index (χ2v) is 16.7. The standard InChI is InChI=1S/C63H51N3/c1-44-35-61(51-19-9-4-10-20-51)64-41-54(44)29-27-46-37-47(28-30-55-42-65-62(36-45(55)2)52-21-11-5-12-22-52)39-56(38-46)57-25-15-16-26-58(57)60-43-66-63(53-23-13-6-14-24-53)40-59(60)50-33-31-49(32-34-50)48-17-7-3-8-18-48/h3-26,31-43H,27-30H2,1-2H3/i1D3,2D3. The van der Waals surface area contributed by atoms with Crippen LogP contribution in [0.3, 0.4) is 0 Å². The maximum absolute atomic E-state index is 8.55. The molecule has 3 heterocycles. The Balaban J connectivity index is 1.06. The highest BCUT2D eigenvalue weighted by atomic mass is 14.7. The second-order valence-electron chi connectivity index (χ2n) is 16.7. The maximum Gasteiger partial charge on any atom is 0.0708 e. The fraction of sp³-hybridized carbons (Fsp3) is 0.0952. The van der Waals surface area contributed by atoms with E-state index in [0.717, 1.165) is 78.0 Å². The molecule has 0 fully saturated rings. The summed E-state index contributed by atoms with van der Waals surface area (Å²) in [5.41, 5.74) is 17.1. The maximum atomic E-state index is 8.55. The molecule has 0 N–H and O–H groups in total. The van der Waals surface area contributed by atoms with Crippen molar-refractivity contribution in [3.63, 3.8) is 0 Å². The van der Waals surface area contributed by atoms with Crippen LogP contribution in [0.4, 0.5) is 0 Å². The molecule has 0 amide bonds. The number of nitrogens with zero attached hydrogens (tertiary/aromatic N) is 3. The summed E-state index contributed by atoms with van der Waals surface area (Å²) in [5, 5.41) is 0. The Morgan fingerprint density at radius 1 is 0.303 bits per heavy atom. The van der Waals surface area contributed by atoms with E-state index in [2.05, 4.69) is 109 Å². The van der Waals surface area contributed by atoms with Gasteiger partial charge in [-0.2, -0.15) is 0 Å². The molecule has 3 heteroatoms. The largest absolute Gasteiger partial charge is 0.256 e. The van der Waals surface area contributed by atoms with Gasteiger partial charge in [-0.15, -0.1) is 0 Å². The van der Waals surface area contributed by atoms with Crippen LogP contribution in [0.2, 0.25) is 0 Å². The fourth-order valence-electron chi connectivity index (χ4n) is 8.78. The fourth-order valence-corrected chi connectivity index (χ4v) is 8.78. The van der Waals surface area contributed by atoms with Crippen LogP contribution in [0.15, 0.2) is 225 Å². The van der Waals surface area contributed by atoms with Gasteiger partial charge in [-0.1, -0.05) is 188 Å². The molecule has 7 aromatic carbocycles. The van der Waals surface area contributed by atoms with E-state index in [-0.39, 0.29) is 11.1 Å². The van der Waals surface area contributed by atoms with Crippen molar-refractivity contribution >= 4 is 0 Å². The number of aryl methyl sites for hydroxylation is 6. The first-order valence-electron chi connectivity index (χ1n) is 25.5. The minimum absolute atomic E-state index is 0.289. The summed E-state index contributed by atoms with van der Waals surface area (Å²) in [5.74, 6) is 0. The van der Waals surface area contributed by atoms with Crippen LogP contribution in [0.5, 0.6) is 0 Å². The average Bonchev–Trinajstić information content (AvgIpc) is 3.42. The molecule has 0 saturated heterocycles. The Kier molecular flexibility index (Phi) is 10.4. The summed E-state index contributed by atoms with van der Waals surface area (Å²) in [4.78, 5) is 14.6. The predicted molar refractivity (Wildman–Crippen MR) is 275 cm³/mol. The van der Waals surface area contributed by atoms with Crippen molar-refractivity contribution < 1.29 is 8.22 Å². The molecule has 3 aromatic heterocycles. The van der Waals surface area contributed by atoms with Gasteiger partial charge in [0, 0.05) is 49.1 Å². The molecular formula is C63H51N3. The average molecular weight is 856 g/mol. The monoisotopic (exact) mass is 855 g/mol. The highest BCUT2D eigenvalue weighted by Gasteiger charge is 2.17. The summed E-state index contributed by atoms with van der Waals surface area (Å²) in [6, 6.07) is 69.1. The van der Waals surface area contributed by atoms with Crippen molar-refractivity contribution in [2.24, 2.45) is 0 Å².